The lowest BCUT2D eigenvalue weighted by Gasteiger charge is -2.56. The Morgan fingerprint density at radius 1 is 0.542 bits per heavy atom. The van der Waals surface area contributed by atoms with Gasteiger partial charge in [-0.05, 0) is 51.4 Å². The van der Waals surface area contributed by atoms with E-state index in [1.165, 1.54) is 0 Å². The third-order valence-corrected chi connectivity index (χ3v) is 6.55. The van der Waals surface area contributed by atoms with E-state index in [2.05, 4.69) is 0 Å². The van der Waals surface area contributed by atoms with E-state index < -0.39 is 22.4 Å². The first-order valence-corrected chi connectivity index (χ1v) is 9.18. The van der Waals surface area contributed by atoms with Crippen LogP contribution >= 0.6 is 0 Å². The number of hydrogen-bond donors (Lipinski definition) is 0. The number of ether oxygens (including phenoxy) is 4. The Hall–Kier alpha value is -0.820. The molecule has 0 radical (unpaired) electrons. The molecule has 24 heavy (non-hydrogen) atoms. The van der Waals surface area contributed by atoms with Crippen molar-refractivity contribution in [3.8, 4) is 0 Å². The summed E-state index contributed by atoms with van der Waals surface area (Å²) in [5.74, 6) is 0. The minimum absolute atomic E-state index is 0.537. The molecular weight excluding hydrogens is 312 g/mol. The molecular formula is C18H26O6. The van der Waals surface area contributed by atoms with E-state index in [1.807, 2.05) is 0 Å². The standard InChI is InChI=1S/C18H26O6/c19-13-15(5-1-9-21-15)17(7-3-11-23-17)18(8-4-12-24-18)16(14-20)6-2-10-22-16/h13-14H,1-12H2/t15-,16+,17-,18+. The van der Waals surface area contributed by atoms with Crippen molar-refractivity contribution in [2.75, 3.05) is 26.4 Å². The zero-order valence-electron chi connectivity index (χ0n) is 14.1. The second-order valence-electron chi connectivity index (χ2n) is 7.48. The molecule has 6 heteroatoms. The summed E-state index contributed by atoms with van der Waals surface area (Å²) in [4.78, 5) is 24.5. The Bertz CT molecular complexity index is 446. The van der Waals surface area contributed by atoms with Crippen LogP contribution in [0.1, 0.15) is 51.4 Å². The van der Waals surface area contributed by atoms with Crippen LogP contribution < -0.4 is 0 Å². The van der Waals surface area contributed by atoms with Crippen molar-refractivity contribution >= 4 is 12.6 Å². The Balaban J connectivity index is 1.89. The molecule has 134 valence electrons. The fourth-order valence-corrected chi connectivity index (χ4v) is 5.60. The van der Waals surface area contributed by atoms with Crippen molar-refractivity contribution in [2.45, 2.75) is 73.8 Å². The fraction of sp³-hybridized carbons (Fsp3) is 0.889. The van der Waals surface area contributed by atoms with Crippen LogP contribution in [0.15, 0.2) is 0 Å². The molecule has 4 aliphatic heterocycles. The van der Waals surface area contributed by atoms with Gasteiger partial charge in [0.2, 0.25) is 0 Å². The molecule has 0 aliphatic carbocycles. The third-order valence-electron chi connectivity index (χ3n) is 6.55. The Morgan fingerprint density at radius 3 is 1.17 bits per heavy atom. The monoisotopic (exact) mass is 338 g/mol. The minimum Gasteiger partial charge on any atom is -0.368 e. The lowest BCUT2D eigenvalue weighted by atomic mass is 9.60. The number of aldehydes is 2. The second kappa shape index (κ2) is 5.87. The highest BCUT2D eigenvalue weighted by Gasteiger charge is 2.76. The molecule has 0 amide bonds. The van der Waals surface area contributed by atoms with Gasteiger partial charge in [-0.15, -0.1) is 0 Å². The Morgan fingerprint density at radius 2 is 0.917 bits per heavy atom. The minimum atomic E-state index is -1.05. The molecule has 0 aromatic rings. The highest BCUT2D eigenvalue weighted by molar-refractivity contribution is 5.71. The van der Waals surface area contributed by atoms with E-state index in [-0.39, 0.29) is 0 Å². The van der Waals surface area contributed by atoms with Gasteiger partial charge >= 0.3 is 0 Å². The van der Waals surface area contributed by atoms with Crippen molar-refractivity contribution in [1.82, 2.24) is 0 Å². The van der Waals surface area contributed by atoms with Crippen molar-refractivity contribution in [3.63, 3.8) is 0 Å². The largest absolute Gasteiger partial charge is 0.368 e. The van der Waals surface area contributed by atoms with Gasteiger partial charge in [-0.2, -0.15) is 0 Å². The van der Waals surface area contributed by atoms with Gasteiger partial charge in [-0.3, -0.25) is 0 Å². The van der Waals surface area contributed by atoms with Crippen molar-refractivity contribution in [1.29, 1.82) is 0 Å². The summed E-state index contributed by atoms with van der Waals surface area (Å²) in [5.41, 5.74) is -3.98. The Labute approximate surface area is 142 Å². The van der Waals surface area contributed by atoms with Crippen LogP contribution in [-0.2, 0) is 28.5 Å². The molecule has 4 atom stereocenters. The average Bonchev–Trinajstić information content (AvgIpc) is 3.42. The van der Waals surface area contributed by atoms with Gasteiger partial charge in [-0.1, -0.05) is 0 Å². The van der Waals surface area contributed by atoms with Crippen LogP contribution in [0, 0.1) is 0 Å². The number of hydrogen-bond acceptors (Lipinski definition) is 6. The molecule has 0 aromatic carbocycles. The van der Waals surface area contributed by atoms with Gasteiger partial charge in [0.1, 0.15) is 11.2 Å². The third kappa shape index (κ3) is 1.86. The SMILES string of the molecule is O=C[C@]1([C@]2([C@]3([C@]4(C=O)CCCO4)CCCO3)CCCO2)CCCO1. The molecule has 0 unspecified atom stereocenters. The molecule has 0 N–H and O–H groups in total. The summed E-state index contributed by atoms with van der Waals surface area (Å²) in [6.45, 7) is 2.18. The maximum atomic E-state index is 12.2. The maximum Gasteiger partial charge on any atom is 0.155 e. The van der Waals surface area contributed by atoms with Crippen LogP contribution in [0.3, 0.4) is 0 Å². The van der Waals surface area contributed by atoms with Crippen molar-refractivity contribution < 1.29 is 28.5 Å². The lowest BCUT2D eigenvalue weighted by molar-refractivity contribution is -0.287. The van der Waals surface area contributed by atoms with Crippen molar-refractivity contribution in [3.05, 3.63) is 0 Å². The molecule has 4 heterocycles. The predicted molar refractivity (Wildman–Crippen MR) is 83.8 cm³/mol. The van der Waals surface area contributed by atoms with Gasteiger partial charge < -0.3 is 28.5 Å². The summed E-state index contributed by atoms with van der Waals surface area (Å²) in [6.07, 6.45) is 7.63. The number of carbonyl (C=O) groups is 2. The van der Waals surface area contributed by atoms with E-state index in [0.717, 1.165) is 38.3 Å². The van der Waals surface area contributed by atoms with Gasteiger partial charge in [0.25, 0.3) is 0 Å². The summed E-state index contributed by atoms with van der Waals surface area (Å²) in [6, 6.07) is 0. The highest BCUT2D eigenvalue weighted by Crippen LogP contribution is 2.59. The average molecular weight is 338 g/mol. The molecule has 6 nitrogen and oxygen atoms in total. The zero-order chi connectivity index (χ0) is 16.7. The van der Waals surface area contributed by atoms with Gasteiger partial charge in [0.05, 0.1) is 0 Å². The number of carbonyl (C=O) groups excluding carboxylic acids is 2. The van der Waals surface area contributed by atoms with Crippen LogP contribution in [0.2, 0.25) is 0 Å². The van der Waals surface area contributed by atoms with Gasteiger partial charge in [0.15, 0.2) is 23.8 Å². The van der Waals surface area contributed by atoms with E-state index >= 15 is 0 Å². The van der Waals surface area contributed by atoms with E-state index in [1.54, 1.807) is 0 Å². The highest BCUT2D eigenvalue weighted by atomic mass is 16.6. The normalized spacial score (nSPS) is 48.8. The van der Waals surface area contributed by atoms with Crippen molar-refractivity contribution in [2.24, 2.45) is 0 Å². The first-order valence-electron chi connectivity index (χ1n) is 9.18. The molecule has 4 aliphatic rings. The molecule has 0 saturated carbocycles. The summed E-state index contributed by atoms with van der Waals surface area (Å²) in [7, 11) is 0. The quantitative estimate of drug-likeness (QED) is 0.709. The number of rotatable bonds is 5. The predicted octanol–water partition coefficient (Wildman–Crippen LogP) is 1.58. The molecule has 4 saturated heterocycles. The van der Waals surface area contributed by atoms with Gasteiger partial charge in [-0.25, -0.2) is 0 Å². The first kappa shape index (κ1) is 16.6. The molecule has 4 fully saturated rings. The smallest absolute Gasteiger partial charge is 0.155 e. The first-order chi connectivity index (χ1) is 11.7. The molecule has 0 bridgehead atoms. The zero-order valence-corrected chi connectivity index (χ0v) is 14.1. The summed E-state index contributed by atoms with van der Waals surface area (Å²) >= 11 is 0. The van der Waals surface area contributed by atoms with E-state index in [0.29, 0.717) is 52.1 Å². The van der Waals surface area contributed by atoms with Crippen LogP contribution in [0.4, 0.5) is 0 Å². The van der Waals surface area contributed by atoms with Crippen LogP contribution in [0.5, 0.6) is 0 Å². The summed E-state index contributed by atoms with van der Waals surface area (Å²) in [5, 5.41) is 0. The maximum absolute atomic E-state index is 12.2. The lowest BCUT2D eigenvalue weighted by Crippen LogP contribution is -2.76. The van der Waals surface area contributed by atoms with E-state index in [9.17, 15) is 9.59 Å². The fourth-order valence-electron chi connectivity index (χ4n) is 5.60. The van der Waals surface area contributed by atoms with Crippen LogP contribution in [0.25, 0.3) is 0 Å². The van der Waals surface area contributed by atoms with E-state index in [4.69, 9.17) is 18.9 Å². The topological polar surface area (TPSA) is 71.1 Å². The molecule has 4 rings (SSSR count). The second-order valence-corrected chi connectivity index (χ2v) is 7.48. The molecule has 0 spiro atoms. The van der Waals surface area contributed by atoms with Gasteiger partial charge in [0, 0.05) is 26.4 Å². The molecule has 0 aromatic heterocycles. The van der Waals surface area contributed by atoms with Crippen LogP contribution in [-0.4, -0.2) is 61.4 Å². The Kier molecular flexibility index (Phi) is 4.07. The summed E-state index contributed by atoms with van der Waals surface area (Å²) < 4.78 is 24.7.